The highest BCUT2D eigenvalue weighted by molar-refractivity contribution is 6.11. The molecule has 1 fully saturated rings. The standard InChI is InChI=1S/C29H30N2O3/c1-15-11-20-21(12-16(15)2)29(3,4)34-28-19-8-6-5-7-18(19)26-27(25(20)28)31-23-13-17(14-24(32)33)9-10-22(23)30-26/h5-10,13,15-16,20-21H,11-12,14H2,1-4H3,(H,32,33). The number of ether oxygens (including phenoxy) is 1. The first-order valence-corrected chi connectivity index (χ1v) is 12.3. The van der Waals surface area contributed by atoms with Gasteiger partial charge in [-0.05, 0) is 62.1 Å². The van der Waals surface area contributed by atoms with Crippen LogP contribution in [-0.4, -0.2) is 26.6 Å². The van der Waals surface area contributed by atoms with Crippen LogP contribution in [0.3, 0.4) is 0 Å². The summed E-state index contributed by atoms with van der Waals surface area (Å²) in [6, 6.07) is 13.9. The predicted octanol–water partition coefficient (Wildman–Crippen LogP) is 6.50. The molecule has 4 aromatic rings. The van der Waals surface area contributed by atoms with E-state index in [1.807, 2.05) is 24.3 Å². The molecular weight excluding hydrogens is 424 g/mol. The average Bonchev–Trinajstić information content (AvgIpc) is 2.79. The van der Waals surface area contributed by atoms with Crippen LogP contribution in [0.2, 0.25) is 0 Å². The molecule has 1 saturated carbocycles. The summed E-state index contributed by atoms with van der Waals surface area (Å²) < 4.78 is 6.84. The third kappa shape index (κ3) is 3.17. The molecule has 1 N–H and O–H groups in total. The molecule has 0 bridgehead atoms. The molecule has 4 unspecified atom stereocenters. The van der Waals surface area contributed by atoms with Crippen molar-refractivity contribution in [3.63, 3.8) is 0 Å². The van der Waals surface area contributed by atoms with Crippen LogP contribution < -0.4 is 4.74 Å². The summed E-state index contributed by atoms with van der Waals surface area (Å²) in [6.07, 6.45) is 2.22. The van der Waals surface area contributed by atoms with Crippen molar-refractivity contribution in [2.75, 3.05) is 0 Å². The van der Waals surface area contributed by atoms with Gasteiger partial charge >= 0.3 is 5.97 Å². The summed E-state index contributed by atoms with van der Waals surface area (Å²) >= 11 is 0. The average molecular weight is 455 g/mol. The Labute approximate surface area is 199 Å². The van der Waals surface area contributed by atoms with E-state index in [-0.39, 0.29) is 12.0 Å². The molecule has 2 heterocycles. The lowest BCUT2D eigenvalue weighted by Crippen LogP contribution is -2.48. The third-order valence-electron chi connectivity index (χ3n) is 8.35. The summed E-state index contributed by atoms with van der Waals surface area (Å²) in [5, 5.41) is 11.4. The highest BCUT2D eigenvalue weighted by atomic mass is 16.5. The minimum Gasteiger partial charge on any atom is -0.487 e. The van der Waals surface area contributed by atoms with Crippen LogP contribution in [0.4, 0.5) is 0 Å². The Hall–Kier alpha value is -3.21. The van der Waals surface area contributed by atoms with Crippen molar-refractivity contribution in [3.05, 3.63) is 53.6 Å². The van der Waals surface area contributed by atoms with E-state index in [0.29, 0.717) is 23.7 Å². The lowest BCUT2D eigenvalue weighted by molar-refractivity contribution is -0.136. The number of carbonyl (C=O) groups is 1. The van der Waals surface area contributed by atoms with Crippen LogP contribution in [-0.2, 0) is 11.2 Å². The fraction of sp³-hybridized carbons (Fsp3) is 0.414. The molecule has 4 atom stereocenters. The minimum absolute atomic E-state index is 0.0249. The van der Waals surface area contributed by atoms with Gasteiger partial charge in [0.15, 0.2) is 0 Å². The Morgan fingerprint density at radius 1 is 1.00 bits per heavy atom. The molecule has 5 heteroatoms. The highest BCUT2D eigenvalue weighted by Gasteiger charge is 2.49. The third-order valence-corrected chi connectivity index (χ3v) is 8.35. The van der Waals surface area contributed by atoms with Gasteiger partial charge in [-0.2, -0.15) is 0 Å². The van der Waals surface area contributed by atoms with E-state index >= 15 is 0 Å². The molecule has 5 nitrogen and oxygen atoms in total. The largest absolute Gasteiger partial charge is 0.487 e. The molecule has 3 aromatic carbocycles. The number of nitrogens with zero attached hydrogens (tertiary/aromatic N) is 2. The Kier molecular flexibility index (Phi) is 4.64. The Bertz CT molecular complexity index is 1480. The number of rotatable bonds is 2. The van der Waals surface area contributed by atoms with Crippen LogP contribution in [0.5, 0.6) is 5.75 Å². The topological polar surface area (TPSA) is 72.3 Å². The minimum atomic E-state index is -0.847. The summed E-state index contributed by atoms with van der Waals surface area (Å²) in [5.74, 6) is 2.15. The number of aliphatic carboxylic acids is 1. The summed E-state index contributed by atoms with van der Waals surface area (Å²) in [4.78, 5) is 21.5. The van der Waals surface area contributed by atoms with E-state index in [0.717, 1.165) is 57.0 Å². The summed E-state index contributed by atoms with van der Waals surface area (Å²) in [7, 11) is 0. The van der Waals surface area contributed by atoms with Crippen molar-refractivity contribution < 1.29 is 14.6 Å². The molecule has 1 aliphatic carbocycles. The molecule has 34 heavy (non-hydrogen) atoms. The molecule has 0 saturated heterocycles. The van der Waals surface area contributed by atoms with E-state index in [9.17, 15) is 9.90 Å². The fourth-order valence-corrected chi connectivity index (χ4v) is 6.37. The molecule has 0 spiro atoms. The van der Waals surface area contributed by atoms with Gasteiger partial charge in [-0.15, -0.1) is 0 Å². The monoisotopic (exact) mass is 454 g/mol. The fourth-order valence-electron chi connectivity index (χ4n) is 6.37. The summed E-state index contributed by atoms with van der Waals surface area (Å²) in [5.41, 5.74) is 4.99. The lowest BCUT2D eigenvalue weighted by Gasteiger charge is -2.50. The highest BCUT2D eigenvalue weighted by Crippen LogP contribution is 2.57. The SMILES string of the molecule is CC1CC2c3c(c4ccccc4c4nc5ccc(CC(=O)O)cc5nc34)OC(C)(C)C2CC1C. The van der Waals surface area contributed by atoms with Crippen molar-refractivity contribution in [3.8, 4) is 5.75 Å². The number of hydrogen-bond donors (Lipinski definition) is 1. The molecule has 174 valence electrons. The van der Waals surface area contributed by atoms with Crippen molar-refractivity contribution in [1.29, 1.82) is 0 Å². The van der Waals surface area contributed by atoms with Crippen molar-refractivity contribution in [2.45, 2.75) is 58.5 Å². The Morgan fingerprint density at radius 2 is 1.71 bits per heavy atom. The zero-order chi connectivity index (χ0) is 23.8. The predicted molar refractivity (Wildman–Crippen MR) is 134 cm³/mol. The van der Waals surface area contributed by atoms with Gasteiger partial charge in [0.05, 0.1) is 28.5 Å². The van der Waals surface area contributed by atoms with Gasteiger partial charge in [0.1, 0.15) is 11.4 Å². The number of carboxylic acids is 1. The van der Waals surface area contributed by atoms with E-state index < -0.39 is 5.97 Å². The number of aromatic nitrogens is 2. The molecule has 0 radical (unpaired) electrons. The van der Waals surface area contributed by atoms with E-state index in [2.05, 4.69) is 45.9 Å². The molecule has 2 aliphatic rings. The first-order valence-electron chi connectivity index (χ1n) is 12.3. The lowest BCUT2D eigenvalue weighted by atomic mass is 9.61. The zero-order valence-corrected chi connectivity index (χ0v) is 20.1. The van der Waals surface area contributed by atoms with Gasteiger partial charge in [0, 0.05) is 22.3 Å². The summed E-state index contributed by atoms with van der Waals surface area (Å²) in [6.45, 7) is 9.20. The van der Waals surface area contributed by atoms with Crippen molar-refractivity contribution >= 4 is 38.8 Å². The van der Waals surface area contributed by atoms with Crippen LogP contribution in [0.1, 0.15) is 57.6 Å². The second kappa shape index (κ2) is 7.39. The molecule has 6 rings (SSSR count). The number of hydrogen-bond acceptors (Lipinski definition) is 4. The van der Waals surface area contributed by atoms with Crippen LogP contribution in [0.25, 0.3) is 32.8 Å². The van der Waals surface area contributed by atoms with Crippen LogP contribution in [0, 0.1) is 17.8 Å². The molecular formula is C29H30N2O3. The Morgan fingerprint density at radius 3 is 2.47 bits per heavy atom. The van der Waals surface area contributed by atoms with Crippen molar-refractivity contribution in [1.82, 2.24) is 9.97 Å². The van der Waals surface area contributed by atoms with E-state index in [1.54, 1.807) is 0 Å². The van der Waals surface area contributed by atoms with Crippen LogP contribution >= 0.6 is 0 Å². The maximum atomic E-state index is 11.3. The molecule has 0 amide bonds. The second-order valence-corrected chi connectivity index (χ2v) is 10.9. The zero-order valence-electron chi connectivity index (χ0n) is 20.1. The van der Waals surface area contributed by atoms with Gasteiger partial charge < -0.3 is 9.84 Å². The van der Waals surface area contributed by atoms with Gasteiger partial charge in [-0.3, -0.25) is 4.79 Å². The van der Waals surface area contributed by atoms with E-state index in [1.165, 1.54) is 5.56 Å². The van der Waals surface area contributed by atoms with Gasteiger partial charge in [-0.25, -0.2) is 9.97 Å². The van der Waals surface area contributed by atoms with E-state index in [4.69, 9.17) is 14.7 Å². The first-order chi connectivity index (χ1) is 16.2. The van der Waals surface area contributed by atoms with Crippen LogP contribution in [0.15, 0.2) is 42.5 Å². The van der Waals surface area contributed by atoms with Gasteiger partial charge in [0.2, 0.25) is 0 Å². The maximum Gasteiger partial charge on any atom is 0.307 e. The number of benzene rings is 3. The molecule has 1 aromatic heterocycles. The smallest absolute Gasteiger partial charge is 0.307 e. The quantitative estimate of drug-likeness (QED) is 0.276. The van der Waals surface area contributed by atoms with Crippen molar-refractivity contribution in [2.24, 2.45) is 17.8 Å². The molecule has 1 aliphatic heterocycles. The normalized spacial score (nSPS) is 25.6. The van der Waals surface area contributed by atoms with Gasteiger partial charge in [-0.1, -0.05) is 44.2 Å². The first kappa shape index (κ1) is 21.3. The second-order valence-electron chi connectivity index (χ2n) is 10.9. The number of fused-ring (bicyclic) bond motifs is 9. The number of carboxylic acid groups (broad SMARTS) is 1. The Balaban J connectivity index is 1.69. The maximum absolute atomic E-state index is 11.3. The van der Waals surface area contributed by atoms with Gasteiger partial charge in [0.25, 0.3) is 0 Å².